The fourth-order valence-electron chi connectivity index (χ4n) is 5.32. The summed E-state index contributed by atoms with van der Waals surface area (Å²) in [5.74, 6) is 5.99. The number of carbonyl (C=O) groups is 1. The van der Waals surface area contributed by atoms with Gasteiger partial charge in [-0.3, -0.25) is 18.9 Å². The number of aromatic nitrogens is 4. The van der Waals surface area contributed by atoms with Crippen molar-refractivity contribution in [1.29, 1.82) is 0 Å². The second-order valence-corrected chi connectivity index (χ2v) is 10.9. The third-order valence-corrected chi connectivity index (χ3v) is 7.76. The molecule has 224 valence electrons. The van der Waals surface area contributed by atoms with E-state index in [4.69, 9.17) is 4.74 Å². The molecule has 6 rings (SSSR count). The van der Waals surface area contributed by atoms with Crippen LogP contribution in [0.1, 0.15) is 43.7 Å². The van der Waals surface area contributed by atoms with Crippen LogP contribution in [-0.2, 0) is 30.9 Å². The lowest BCUT2D eigenvalue weighted by Crippen LogP contribution is -2.36. The number of morpholine rings is 1. The molecule has 5 aromatic rings. The number of ether oxygens (including phenoxy) is 1. The van der Waals surface area contributed by atoms with Crippen molar-refractivity contribution < 1.29 is 22.7 Å². The standard InChI is InChI=1S/C34H30F3N5O2/c1-23-3-4-25(17-33(43)27-8-9-28(30(18-27)34(35,36)37)20-41-11-13-44-14-12-41)15-26(23)7-5-24-6-10-32-31(16-24)38-22-42(32)29-19-39-40(2)21-29/h3-4,6,8-10,15-16,18-19,21-22H,11-14,17,20H2,1-2H3. The number of hydrogen-bond donors (Lipinski definition) is 0. The van der Waals surface area contributed by atoms with Gasteiger partial charge in [-0.2, -0.15) is 18.3 Å². The molecule has 0 bridgehead atoms. The van der Waals surface area contributed by atoms with Crippen LogP contribution in [0.3, 0.4) is 0 Å². The van der Waals surface area contributed by atoms with Crippen LogP contribution < -0.4 is 0 Å². The molecule has 1 fully saturated rings. The number of carbonyl (C=O) groups excluding carboxylic acids is 1. The molecule has 1 aliphatic heterocycles. The van der Waals surface area contributed by atoms with Crippen LogP contribution in [-0.4, -0.2) is 56.3 Å². The van der Waals surface area contributed by atoms with Crippen LogP contribution in [0, 0.1) is 18.8 Å². The molecular formula is C34H30F3N5O2. The third kappa shape index (κ3) is 6.44. The molecule has 0 spiro atoms. The summed E-state index contributed by atoms with van der Waals surface area (Å²) < 4.78 is 50.9. The molecule has 0 N–H and O–H groups in total. The van der Waals surface area contributed by atoms with Gasteiger partial charge in [-0.15, -0.1) is 0 Å². The lowest BCUT2D eigenvalue weighted by molar-refractivity contribution is -0.138. The van der Waals surface area contributed by atoms with Gasteiger partial charge in [-0.05, 0) is 53.9 Å². The maximum atomic E-state index is 14.0. The molecule has 3 aromatic carbocycles. The molecule has 1 aliphatic rings. The maximum Gasteiger partial charge on any atom is 0.416 e. The number of nitrogens with zero attached hydrogens (tertiary/aromatic N) is 5. The Labute approximate surface area is 252 Å². The Kier molecular flexibility index (Phi) is 8.08. The zero-order valence-electron chi connectivity index (χ0n) is 24.4. The van der Waals surface area contributed by atoms with Crippen molar-refractivity contribution >= 4 is 16.8 Å². The number of rotatable bonds is 6. The first kappa shape index (κ1) is 29.4. The summed E-state index contributed by atoms with van der Waals surface area (Å²) in [6.07, 6.45) is 0.828. The highest BCUT2D eigenvalue weighted by atomic mass is 19.4. The quantitative estimate of drug-likeness (QED) is 0.185. The molecule has 2 aromatic heterocycles. The summed E-state index contributed by atoms with van der Waals surface area (Å²) in [5, 5.41) is 4.22. The Morgan fingerprint density at radius 2 is 1.84 bits per heavy atom. The van der Waals surface area contributed by atoms with E-state index >= 15 is 0 Å². The molecule has 1 saturated heterocycles. The van der Waals surface area contributed by atoms with Crippen LogP contribution >= 0.6 is 0 Å². The van der Waals surface area contributed by atoms with Gasteiger partial charge >= 0.3 is 6.18 Å². The van der Waals surface area contributed by atoms with Gasteiger partial charge in [-0.25, -0.2) is 4.98 Å². The van der Waals surface area contributed by atoms with E-state index in [0.29, 0.717) is 31.9 Å². The second kappa shape index (κ2) is 12.1. The third-order valence-electron chi connectivity index (χ3n) is 7.76. The number of ketones is 1. The zero-order chi connectivity index (χ0) is 30.8. The minimum Gasteiger partial charge on any atom is -0.379 e. The number of fused-ring (bicyclic) bond motifs is 1. The van der Waals surface area contributed by atoms with E-state index in [-0.39, 0.29) is 29.9 Å². The second-order valence-electron chi connectivity index (χ2n) is 10.9. The van der Waals surface area contributed by atoms with Crippen molar-refractivity contribution in [3.05, 3.63) is 112 Å². The van der Waals surface area contributed by atoms with Gasteiger partial charge < -0.3 is 4.74 Å². The van der Waals surface area contributed by atoms with E-state index in [1.165, 1.54) is 12.1 Å². The summed E-state index contributed by atoms with van der Waals surface area (Å²) in [5.41, 5.74) is 5.21. The number of halogens is 3. The summed E-state index contributed by atoms with van der Waals surface area (Å²) >= 11 is 0. The van der Waals surface area contributed by atoms with E-state index in [1.807, 2.05) is 66.0 Å². The highest BCUT2D eigenvalue weighted by molar-refractivity contribution is 5.97. The van der Waals surface area contributed by atoms with E-state index in [1.54, 1.807) is 17.2 Å². The molecule has 0 saturated carbocycles. The predicted octanol–water partition coefficient (Wildman–Crippen LogP) is 5.74. The minimum absolute atomic E-state index is 0.0349. The van der Waals surface area contributed by atoms with Gasteiger partial charge in [0.1, 0.15) is 6.33 Å². The average Bonchev–Trinajstić information content (AvgIpc) is 3.63. The largest absolute Gasteiger partial charge is 0.416 e. The van der Waals surface area contributed by atoms with Crippen LogP contribution in [0.4, 0.5) is 13.2 Å². The summed E-state index contributed by atoms with van der Waals surface area (Å²) in [7, 11) is 1.86. The number of alkyl halides is 3. The van der Waals surface area contributed by atoms with Gasteiger partial charge in [-0.1, -0.05) is 36.1 Å². The molecule has 0 unspecified atom stereocenters. The molecule has 3 heterocycles. The first-order valence-electron chi connectivity index (χ1n) is 14.3. The SMILES string of the molecule is Cc1ccc(CC(=O)c2ccc(CN3CCOCC3)c(C(F)(F)F)c2)cc1C#Cc1ccc2c(c1)ncn2-c1cnn(C)c1. The highest BCUT2D eigenvalue weighted by Crippen LogP contribution is 2.34. The summed E-state index contributed by atoms with van der Waals surface area (Å²) in [6, 6.07) is 15.2. The molecule has 7 nitrogen and oxygen atoms in total. The van der Waals surface area contributed by atoms with E-state index < -0.39 is 11.7 Å². The van der Waals surface area contributed by atoms with Crippen molar-refractivity contribution in [2.45, 2.75) is 26.1 Å². The number of Topliss-reactive ketones (excluding diaryl/α,β-unsaturated/α-hetero) is 1. The average molecular weight is 598 g/mol. The van der Waals surface area contributed by atoms with Crippen molar-refractivity contribution in [3.8, 4) is 17.5 Å². The lowest BCUT2D eigenvalue weighted by atomic mass is 9.96. The fraction of sp³-hybridized carbons (Fsp3) is 0.265. The maximum absolute atomic E-state index is 14.0. The van der Waals surface area contributed by atoms with Crippen LogP contribution in [0.5, 0.6) is 0 Å². The minimum atomic E-state index is -4.57. The molecule has 0 amide bonds. The van der Waals surface area contributed by atoms with Crippen LogP contribution in [0.25, 0.3) is 16.7 Å². The summed E-state index contributed by atoms with van der Waals surface area (Å²) in [4.78, 5) is 19.6. The smallest absolute Gasteiger partial charge is 0.379 e. The van der Waals surface area contributed by atoms with E-state index in [0.717, 1.165) is 39.5 Å². The first-order valence-corrected chi connectivity index (χ1v) is 14.3. The summed E-state index contributed by atoms with van der Waals surface area (Å²) in [6.45, 7) is 4.22. The van der Waals surface area contributed by atoms with E-state index in [2.05, 4.69) is 21.9 Å². The number of imidazole rings is 1. The number of benzene rings is 3. The van der Waals surface area contributed by atoms with Gasteiger partial charge in [0.25, 0.3) is 0 Å². The normalized spacial score (nSPS) is 14.0. The van der Waals surface area contributed by atoms with Gasteiger partial charge in [0, 0.05) is 56.0 Å². The Morgan fingerprint density at radius 1 is 1.02 bits per heavy atom. The fourth-order valence-corrected chi connectivity index (χ4v) is 5.32. The molecule has 10 heteroatoms. The van der Waals surface area contributed by atoms with Crippen LogP contribution in [0.2, 0.25) is 0 Å². The topological polar surface area (TPSA) is 65.2 Å². The molecular weight excluding hydrogens is 567 g/mol. The molecule has 44 heavy (non-hydrogen) atoms. The molecule has 0 radical (unpaired) electrons. The van der Waals surface area contributed by atoms with Crippen molar-refractivity contribution in [1.82, 2.24) is 24.2 Å². The molecule has 0 aliphatic carbocycles. The lowest BCUT2D eigenvalue weighted by Gasteiger charge is -2.27. The van der Waals surface area contributed by atoms with Gasteiger partial charge in [0.2, 0.25) is 0 Å². The number of aryl methyl sites for hydroxylation is 2. The number of hydrogen-bond acceptors (Lipinski definition) is 5. The van der Waals surface area contributed by atoms with Crippen molar-refractivity contribution in [2.24, 2.45) is 7.05 Å². The first-order chi connectivity index (χ1) is 21.1. The Hall–Kier alpha value is -4.72. The Morgan fingerprint density at radius 3 is 2.59 bits per heavy atom. The predicted molar refractivity (Wildman–Crippen MR) is 161 cm³/mol. The molecule has 0 atom stereocenters. The van der Waals surface area contributed by atoms with Crippen molar-refractivity contribution in [2.75, 3.05) is 26.3 Å². The van der Waals surface area contributed by atoms with Gasteiger partial charge in [0.15, 0.2) is 5.78 Å². The zero-order valence-corrected chi connectivity index (χ0v) is 24.4. The monoisotopic (exact) mass is 597 g/mol. The van der Waals surface area contributed by atoms with Gasteiger partial charge in [0.05, 0.1) is 41.7 Å². The Balaban J connectivity index is 1.20. The highest BCUT2D eigenvalue weighted by Gasteiger charge is 2.34. The van der Waals surface area contributed by atoms with Crippen LogP contribution in [0.15, 0.2) is 73.3 Å². The Bertz CT molecular complexity index is 1910. The van der Waals surface area contributed by atoms with Crippen molar-refractivity contribution in [3.63, 3.8) is 0 Å². The van der Waals surface area contributed by atoms with E-state index in [9.17, 15) is 18.0 Å².